The lowest BCUT2D eigenvalue weighted by molar-refractivity contribution is 0.392. The number of hydrogen-bond donors (Lipinski definition) is 1. The first-order chi connectivity index (χ1) is 9.28. The molecule has 0 saturated carbocycles. The number of methoxy groups -OCH3 is 1. The van der Waals surface area contributed by atoms with Crippen molar-refractivity contribution in [2.45, 2.75) is 26.8 Å². The van der Waals surface area contributed by atoms with Crippen LogP contribution in [0, 0.1) is 0 Å². The molecule has 0 atom stereocenters. The molecule has 2 aromatic rings. The number of ether oxygens (including phenoxy) is 1. The first-order valence-electron chi connectivity index (χ1n) is 6.35. The Hall–Kier alpha value is -1.53. The summed E-state index contributed by atoms with van der Waals surface area (Å²) in [5.41, 5.74) is 1.93. The summed E-state index contributed by atoms with van der Waals surface area (Å²) in [5, 5.41) is 12.4. The van der Waals surface area contributed by atoms with E-state index in [-0.39, 0.29) is 0 Å². The molecule has 19 heavy (non-hydrogen) atoms. The largest absolute Gasteiger partial charge is 0.480 e. The van der Waals surface area contributed by atoms with Crippen LogP contribution in [0.25, 0.3) is 10.7 Å². The average Bonchev–Trinajstić information content (AvgIpc) is 2.88. The third kappa shape index (κ3) is 3.27. The van der Waals surface area contributed by atoms with Crippen LogP contribution in [0.1, 0.15) is 24.4 Å². The zero-order chi connectivity index (χ0) is 13.7. The molecule has 1 N–H and O–H groups in total. The lowest BCUT2D eigenvalue weighted by Gasteiger charge is -1.99. The van der Waals surface area contributed by atoms with Crippen molar-refractivity contribution in [2.24, 2.45) is 0 Å². The van der Waals surface area contributed by atoms with Crippen molar-refractivity contribution in [3.8, 4) is 16.6 Å². The molecule has 0 fully saturated rings. The van der Waals surface area contributed by atoms with E-state index in [1.807, 2.05) is 6.07 Å². The predicted molar refractivity (Wildman–Crippen MR) is 76.5 cm³/mol. The summed E-state index contributed by atoms with van der Waals surface area (Å²) >= 11 is 1.67. The summed E-state index contributed by atoms with van der Waals surface area (Å²) in [5.74, 6) is 0.517. The minimum Gasteiger partial charge on any atom is -0.480 e. The topological polar surface area (TPSA) is 59.9 Å². The molecular formula is C13H18N4OS. The standard InChI is InChI=1S/C13H18N4OS/c1-4-9-11(8-14-5-2)19-13(15-9)10-6-7-12(18-3)17-16-10/h6-7,14H,4-5,8H2,1-3H3. The number of nitrogens with zero attached hydrogens (tertiary/aromatic N) is 3. The van der Waals surface area contributed by atoms with Crippen LogP contribution in [0.15, 0.2) is 12.1 Å². The van der Waals surface area contributed by atoms with Crippen molar-refractivity contribution in [1.82, 2.24) is 20.5 Å². The van der Waals surface area contributed by atoms with Crippen molar-refractivity contribution in [2.75, 3.05) is 13.7 Å². The molecule has 102 valence electrons. The second-order valence-corrected chi connectivity index (χ2v) is 5.07. The fourth-order valence-electron chi connectivity index (χ4n) is 1.69. The lowest BCUT2D eigenvalue weighted by atomic mass is 10.3. The smallest absolute Gasteiger partial charge is 0.233 e. The molecule has 0 unspecified atom stereocenters. The van der Waals surface area contributed by atoms with Gasteiger partial charge in [-0.2, -0.15) is 0 Å². The molecule has 0 aliphatic heterocycles. The fraction of sp³-hybridized carbons (Fsp3) is 0.462. The lowest BCUT2D eigenvalue weighted by Crippen LogP contribution is -2.11. The van der Waals surface area contributed by atoms with Crippen LogP contribution in [0.4, 0.5) is 0 Å². The normalized spacial score (nSPS) is 10.7. The highest BCUT2D eigenvalue weighted by atomic mass is 32.1. The number of hydrogen-bond acceptors (Lipinski definition) is 6. The van der Waals surface area contributed by atoms with Crippen LogP contribution in [0.5, 0.6) is 5.88 Å². The molecule has 0 spiro atoms. The molecule has 0 bridgehead atoms. The van der Waals surface area contributed by atoms with Crippen LogP contribution < -0.4 is 10.1 Å². The zero-order valence-electron chi connectivity index (χ0n) is 11.4. The van der Waals surface area contributed by atoms with Gasteiger partial charge in [-0.1, -0.05) is 13.8 Å². The van der Waals surface area contributed by atoms with E-state index in [0.717, 1.165) is 35.9 Å². The molecule has 0 aromatic carbocycles. The van der Waals surface area contributed by atoms with Crippen molar-refractivity contribution in [1.29, 1.82) is 0 Å². The van der Waals surface area contributed by atoms with E-state index in [9.17, 15) is 0 Å². The van der Waals surface area contributed by atoms with E-state index in [4.69, 9.17) is 4.74 Å². The highest BCUT2D eigenvalue weighted by Gasteiger charge is 2.12. The SMILES string of the molecule is CCNCc1sc(-c2ccc(OC)nn2)nc1CC. The van der Waals surface area contributed by atoms with Crippen molar-refractivity contribution >= 4 is 11.3 Å². The van der Waals surface area contributed by atoms with Gasteiger partial charge in [0.2, 0.25) is 5.88 Å². The molecule has 5 nitrogen and oxygen atoms in total. The van der Waals surface area contributed by atoms with Gasteiger partial charge in [0.15, 0.2) is 0 Å². The van der Waals surface area contributed by atoms with Crippen LogP contribution in [0.2, 0.25) is 0 Å². The van der Waals surface area contributed by atoms with E-state index in [1.165, 1.54) is 4.88 Å². The van der Waals surface area contributed by atoms with Gasteiger partial charge in [-0.25, -0.2) is 4.98 Å². The maximum atomic E-state index is 5.01. The van der Waals surface area contributed by atoms with Crippen molar-refractivity contribution < 1.29 is 4.74 Å². The van der Waals surface area contributed by atoms with Crippen LogP contribution >= 0.6 is 11.3 Å². The molecule has 0 radical (unpaired) electrons. The molecule has 0 amide bonds. The van der Waals surface area contributed by atoms with E-state index >= 15 is 0 Å². The maximum absolute atomic E-state index is 5.01. The molecule has 2 aromatic heterocycles. The summed E-state index contributed by atoms with van der Waals surface area (Å²) in [6.45, 7) is 6.04. The Morgan fingerprint density at radius 3 is 2.68 bits per heavy atom. The highest BCUT2D eigenvalue weighted by Crippen LogP contribution is 2.27. The van der Waals surface area contributed by atoms with E-state index in [1.54, 1.807) is 24.5 Å². The van der Waals surface area contributed by atoms with Gasteiger partial charge in [0.1, 0.15) is 10.7 Å². The van der Waals surface area contributed by atoms with Crippen LogP contribution in [-0.2, 0) is 13.0 Å². The summed E-state index contributed by atoms with van der Waals surface area (Å²) in [7, 11) is 1.58. The maximum Gasteiger partial charge on any atom is 0.233 e. The van der Waals surface area contributed by atoms with Crippen molar-refractivity contribution in [3.63, 3.8) is 0 Å². The van der Waals surface area contributed by atoms with Gasteiger partial charge in [-0.3, -0.25) is 0 Å². The Morgan fingerprint density at radius 1 is 1.26 bits per heavy atom. The first-order valence-corrected chi connectivity index (χ1v) is 7.17. The average molecular weight is 278 g/mol. The molecule has 0 aliphatic rings. The number of nitrogens with one attached hydrogen (secondary N) is 1. The monoisotopic (exact) mass is 278 g/mol. The number of aryl methyl sites for hydroxylation is 1. The van der Waals surface area contributed by atoms with Gasteiger partial charge >= 0.3 is 0 Å². The number of aromatic nitrogens is 3. The second kappa shape index (κ2) is 6.58. The third-order valence-corrected chi connectivity index (χ3v) is 3.84. The second-order valence-electron chi connectivity index (χ2n) is 3.98. The van der Waals surface area contributed by atoms with Crippen molar-refractivity contribution in [3.05, 3.63) is 22.7 Å². The molecular weight excluding hydrogens is 260 g/mol. The highest BCUT2D eigenvalue weighted by molar-refractivity contribution is 7.15. The van der Waals surface area contributed by atoms with E-state index < -0.39 is 0 Å². The fourth-order valence-corrected chi connectivity index (χ4v) is 2.77. The minimum atomic E-state index is 0.517. The van der Waals surface area contributed by atoms with Gasteiger partial charge in [0, 0.05) is 17.5 Å². The van der Waals surface area contributed by atoms with Gasteiger partial charge in [-0.05, 0) is 19.0 Å². The summed E-state index contributed by atoms with van der Waals surface area (Å²) in [6.07, 6.45) is 0.931. The summed E-state index contributed by atoms with van der Waals surface area (Å²) in [6, 6.07) is 3.69. The molecule has 2 rings (SSSR count). The van der Waals surface area contributed by atoms with Gasteiger partial charge in [-0.15, -0.1) is 21.5 Å². The predicted octanol–water partition coefficient (Wildman–Crippen LogP) is 2.28. The third-order valence-electron chi connectivity index (χ3n) is 2.72. The van der Waals surface area contributed by atoms with E-state index in [0.29, 0.717) is 5.88 Å². The molecule has 2 heterocycles. The molecule has 6 heteroatoms. The van der Waals surface area contributed by atoms with Gasteiger partial charge in [0.05, 0.1) is 12.8 Å². The van der Waals surface area contributed by atoms with Crippen LogP contribution in [0.3, 0.4) is 0 Å². The Bertz CT molecular complexity index is 524. The first kappa shape index (κ1) is 13.9. The quantitative estimate of drug-likeness (QED) is 0.878. The molecule has 0 aliphatic carbocycles. The van der Waals surface area contributed by atoms with Crippen LogP contribution in [-0.4, -0.2) is 28.8 Å². The Balaban J connectivity index is 2.25. The Kier molecular flexibility index (Phi) is 4.81. The Morgan fingerprint density at radius 2 is 2.11 bits per heavy atom. The Labute approximate surface area is 117 Å². The number of thiazole rings is 1. The summed E-state index contributed by atoms with van der Waals surface area (Å²) < 4.78 is 5.01. The summed E-state index contributed by atoms with van der Waals surface area (Å²) in [4.78, 5) is 5.92. The number of rotatable bonds is 6. The molecule has 0 saturated heterocycles. The van der Waals surface area contributed by atoms with Gasteiger partial charge < -0.3 is 10.1 Å². The van der Waals surface area contributed by atoms with E-state index in [2.05, 4.69) is 34.3 Å². The van der Waals surface area contributed by atoms with Gasteiger partial charge in [0.25, 0.3) is 0 Å². The minimum absolute atomic E-state index is 0.517. The zero-order valence-corrected chi connectivity index (χ0v) is 12.3.